The second-order valence-corrected chi connectivity index (χ2v) is 9.45. The first-order valence-corrected chi connectivity index (χ1v) is 12.0. The Morgan fingerprint density at radius 1 is 1.14 bits per heavy atom. The maximum absolute atomic E-state index is 12.5. The molecule has 1 amide bonds. The van der Waals surface area contributed by atoms with Gasteiger partial charge in [0.05, 0.1) is 11.3 Å². The Bertz CT molecular complexity index is 1050. The zero-order valence-electron chi connectivity index (χ0n) is 19.1. The van der Waals surface area contributed by atoms with E-state index in [-0.39, 0.29) is 23.2 Å². The Kier molecular flexibility index (Phi) is 8.94. The molecule has 0 unspecified atom stereocenters. The van der Waals surface area contributed by atoms with E-state index in [0.29, 0.717) is 28.9 Å². The van der Waals surface area contributed by atoms with Crippen LogP contribution in [0.25, 0.3) is 0 Å². The summed E-state index contributed by atoms with van der Waals surface area (Å²) in [6.45, 7) is 0.349. The number of hydrogen-bond donors (Lipinski definition) is 6. The summed E-state index contributed by atoms with van der Waals surface area (Å²) in [4.78, 5) is 16.7. The number of carbonyl (C=O) groups excluding carboxylic acids is 1. The molecule has 1 aliphatic carbocycles. The second kappa shape index (κ2) is 11.9. The molecule has 11 heteroatoms. The molecule has 2 aromatic carbocycles. The van der Waals surface area contributed by atoms with Gasteiger partial charge < -0.3 is 32.9 Å². The van der Waals surface area contributed by atoms with Crippen molar-refractivity contribution in [1.82, 2.24) is 5.32 Å². The fraction of sp³-hybridized carbons (Fsp3) is 0.333. The first kappa shape index (κ1) is 26.3. The summed E-state index contributed by atoms with van der Waals surface area (Å²) >= 11 is 0.429. The number of thioether (sulfide) groups is 1. The Morgan fingerprint density at radius 2 is 1.77 bits per heavy atom. The number of aromatic hydroxyl groups is 1. The lowest BCUT2D eigenvalue weighted by Crippen LogP contribution is -2.53. The minimum Gasteiger partial charge on any atom is -0.508 e. The summed E-state index contributed by atoms with van der Waals surface area (Å²) in [6.07, 6.45) is 4.65. The van der Waals surface area contributed by atoms with E-state index < -0.39 is 17.2 Å². The second-order valence-electron chi connectivity index (χ2n) is 8.39. The van der Waals surface area contributed by atoms with Crippen molar-refractivity contribution in [2.24, 2.45) is 22.2 Å². The third-order valence-corrected chi connectivity index (χ3v) is 6.67. The molecule has 0 spiro atoms. The average molecular weight is 505 g/mol. The lowest BCUT2D eigenvalue weighted by atomic mass is 9.79. The molecule has 0 radical (unpaired) electrons. The van der Waals surface area contributed by atoms with Gasteiger partial charge in [-0.3, -0.25) is 4.79 Å². The van der Waals surface area contributed by atoms with Gasteiger partial charge in [-0.15, -0.1) is 0 Å². The number of phenolic OH excluding ortho intramolecular Hbond substituents is 1. The fourth-order valence-corrected chi connectivity index (χ4v) is 4.41. The van der Waals surface area contributed by atoms with Gasteiger partial charge in [0.2, 0.25) is 0 Å². The zero-order valence-corrected chi connectivity index (χ0v) is 19.9. The van der Waals surface area contributed by atoms with Crippen LogP contribution in [0.3, 0.4) is 0 Å². The van der Waals surface area contributed by atoms with Crippen molar-refractivity contribution in [3.8, 4) is 5.75 Å². The lowest BCUT2D eigenvalue weighted by molar-refractivity contribution is -0.114. The normalized spacial score (nSPS) is 21.1. The van der Waals surface area contributed by atoms with Gasteiger partial charge in [-0.2, -0.15) is 8.78 Å². The highest BCUT2D eigenvalue weighted by molar-refractivity contribution is 7.99. The topological polar surface area (TPSA) is 152 Å². The number of nitrogens with one attached hydrogen (secondary N) is 2. The number of nitrogens with zero attached hydrogens (tertiary/aromatic N) is 1. The minimum atomic E-state index is -2.52. The number of amidine groups is 1. The Morgan fingerprint density at radius 3 is 2.31 bits per heavy atom. The van der Waals surface area contributed by atoms with Crippen molar-refractivity contribution < 1.29 is 18.7 Å². The standard InChI is InChI=1S/C24H30F2N6O2S/c25-23(26)35-19-7-3-16(4-8-19)32-21(28)20(22(29)34)13-30-24(14-27)11-9-17(10-12-24)31-15-1-5-18(33)6-2-15/h1-8,13,17,23,30-31,33H,9-12,14,27H2,(H2,28,32)(H2,29,34)/b20-13+. The number of aliphatic imine (C=N–C) groups is 1. The maximum Gasteiger partial charge on any atom is 0.288 e. The van der Waals surface area contributed by atoms with Crippen LogP contribution >= 0.6 is 11.8 Å². The molecular weight excluding hydrogens is 474 g/mol. The molecule has 1 saturated carbocycles. The van der Waals surface area contributed by atoms with Crippen LogP contribution < -0.4 is 27.8 Å². The van der Waals surface area contributed by atoms with Gasteiger partial charge in [0, 0.05) is 34.9 Å². The predicted molar refractivity (Wildman–Crippen MR) is 136 cm³/mol. The van der Waals surface area contributed by atoms with Crippen molar-refractivity contribution in [3.05, 3.63) is 60.3 Å². The molecule has 188 valence electrons. The van der Waals surface area contributed by atoms with Gasteiger partial charge in [0.15, 0.2) is 0 Å². The first-order valence-electron chi connectivity index (χ1n) is 11.1. The largest absolute Gasteiger partial charge is 0.508 e. The molecule has 9 N–H and O–H groups in total. The van der Waals surface area contributed by atoms with Crippen molar-refractivity contribution in [2.45, 2.75) is 47.9 Å². The van der Waals surface area contributed by atoms with Crippen LogP contribution in [0.1, 0.15) is 25.7 Å². The summed E-state index contributed by atoms with van der Waals surface area (Å²) in [5.74, 6) is -3.14. The highest BCUT2D eigenvalue weighted by Crippen LogP contribution is 2.30. The van der Waals surface area contributed by atoms with Gasteiger partial charge in [0.1, 0.15) is 11.6 Å². The monoisotopic (exact) mass is 504 g/mol. The molecule has 1 aliphatic rings. The Labute approximate surface area is 207 Å². The molecule has 0 saturated heterocycles. The Balaban J connectivity index is 1.65. The molecule has 0 aliphatic heterocycles. The lowest BCUT2D eigenvalue weighted by Gasteiger charge is -2.40. The number of rotatable bonds is 10. The molecule has 0 atom stereocenters. The Hall–Kier alpha value is -3.31. The molecule has 2 aromatic rings. The van der Waals surface area contributed by atoms with Crippen LogP contribution in [0.4, 0.5) is 20.2 Å². The van der Waals surface area contributed by atoms with Crippen LogP contribution in [0.5, 0.6) is 5.75 Å². The fourth-order valence-electron chi connectivity index (χ4n) is 3.91. The van der Waals surface area contributed by atoms with Gasteiger partial charge in [0.25, 0.3) is 11.7 Å². The van der Waals surface area contributed by atoms with Crippen LogP contribution in [0, 0.1) is 0 Å². The quantitative estimate of drug-likeness (QED) is 0.0953. The number of anilines is 1. The number of hydrogen-bond acceptors (Lipinski definition) is 7. The average Bonchev–Trinajstić information content (AvgIpc) is 2.82. The summed E-state index contributed by atoms with van der Waals surface area (Å²) < 4.78 is 25.0. The molecule has 1 fully saturated rings. The molecule has 3 rings (SSSR count). The van der Waals surface area contributed by atoms with E-state index in [2.05, 4.69) is 15.6 Å². The predicted octanol–water partition coefficient (Wildman–Crippen LogP) is 3.41. The number of benzene rings is 2. The van der Waals surface area contributed by atoms with Crippen LogP contribution in [-0.2, 0) is 4.79 Å². The zero-order chi connectivity index (χ0) is 25.4. The van der Waals surface area contributed by atoms with Gasteiger partial charge in [-0.1, -0.05) is 11.8 Å². The van der Waals surface area contributed by atoms with E-state index in [1.807, 2.05) is 12.1 Å². The first-order chi connectivity index (χ1) is 16.7. The van der Waals surface area contributed by atoms with Crippen LogP contribution in [0.2, 0.25) is 0 Å². The summed E-state index contributed by atoms with van der Waals surface area (Å²) in [7, 11) is 0. The van der Waals surface area contributed by atoms with Crippen molar-refractivity contribution in [2.75, 3.05) is 11.9 Å². The van der Waals surface area contributed by atoms with E-state index in [9.17, 15) is 18.7 Å². The van der Waals surface area contributed by atoms with Crippen molar-refractivity contribution >= 4 is 34.9 Å². The number of primary amides is 1. The van der Waals surface area contributed by atoms with E-state index in [1.54, 1.807) is 12.1 Å². The van der Waals surface area contributed by atoms with Crippen LogP contribution in [0.15, 0.2) is 70.2 Å². The highest BCUT2D eigenvalue weighted by Gasteiger charge is 2.33. The van der Waals surface area contributed by atoms with Gasteiger partial charge in [-0.05, 0) is 74.2 Å². The number of halogens is 2. The van der Waals surface area contributed by atoms with Gasteiger partial charge >= 0.3 is 0 Å². The molecule has 8 nitrogen and oxygen atoms in total. The third kappa shape index (κ3) is 7.59. The molecular formula is C24H30F2N6O2S. The third-order valence-electron chi connectivity index (χ3n) is 5.95. The highest BCUT2D eigenvalue weighted by atomic mass is 32.2. The molecule has 0 bridgehead atoms. The summed E-state index contributed by atoms with van der Waals surface area (Å²) in [5, 5.41) is 16.2. The number of nitrogens with two attached hydrogens (primary N) is 3. The maximum atomic E-state index is 12.5. The smallest absolute Gasteiger partial charge is 0.288 e. The number of amides is 1. The molecule has 35 heavy (non-hydrogen) atoms. The number of alkyl halides is 2. The van der Waals surface area contributed by atoms with E-state index in [4.69, 9.17) is 17.2 Å². The van der Waals surface area contributed by atoms with E-state index >= 15 is 0 Å². The molecule has 0 heterocycles. The minimum absolute atomic E-state index is 0.00759. The van der Waals surface area contributed by atoms with E-state index in [0.717, 1.165) is 31.4 Å². The number of carbonyl (C=O) groups is 1. The summed E-state index contributed by atoms with van der Waals surface area (Å²) in [6, 6.07) is 13.2. The van der Waals surface area contributed by atoms with E-state index in [1.165, 1.54) is 30.5 Å². The number of phenols is 1. The molecule has 0 aromatic heterocycles. The van der Waals surface area contributed by atoms with Crippen molar-refractivity contribution in [1.29, 1.82) is 0 Å². The van der Waals surface area contributed by atoms with Crippen LogP contribution in [-0.4, -0.2) is 40.7 Å². The van der Waals surface area contributed by atoms with Gasteiger partial charge in [-0.25, -0.2) is 4.99 Å². The summed E-state index contributed by atoms with van der Waals surface area (Å²) in [5.41, 5.74) is 18.6. The SMILES string of the molecule is NCC1(N/C=C(/C(N)=O)C(N)=Nc2ccc(SC(F)F)cc2)CCC(Nc2ccc(O)cc2)CC1. The van der Waals surface area contributed by atoms with Crippen molar-refractivity contribution in [3.63, 3.8) is 0 Å².